The Bertz CT molecular complexity index is 822. The lowest BCUT2D eigenvalue weighted by Crippen LogP contribution is -2.02. The zero-order chi connectivity index (χ0) is 15.1. The van der Waals surface area contributed by atoms with E-state index >= 15 is 0 Å². The topological polar surface area (TPSA) is 17.8 Å². The lowest BCUT2D eigenvalue weighted by Gasteiger charge is -2.12. The first kappa shape index (κ1) is 14.7. The zero-order valence-electron chi connectivity index (χ0n) is 11.6. The quantitative estimate of drug-likeness (QED) is 0.528. The molecule has 2 aromatic carbocycles. The molecular weight excluding hydrogens is 327 g/mol. The predicted molar refractivity (Wildman–Crippen MR) is 90.1 cm³/mol. The SMILES string of the molecule is Cc1ccc(-n2c(C(C)Cl)nc3ccc(Cl)cc32)cc1Cl. The molecule has 0 spiro atoms. The van der Waals surface area contributed by atoms with Crippen molar-refractivity contribution in [1.29, 1.82) is 0 Å². The minimum absolute atomic E-state index is 0.226. The first-order chi connectivity index (χ1) is 9.97. The van der Waals surface area contributed by atoms with Crippen molar-refractivity contribution in [1.82, 2.24) is 9.55 Å². The van der Waals surface area contributed by atoms with E-state index in [0.717, 1.165) is 28.1 Å². The van der Waals surface area contributed by atoms with Gasteiger partial charge in [0.2, 0.25) is 0 Å². The van der Waals surface area contributed by atoms with Crippen LogP contribution in [0.25, 0.3) is 16.7 Å². The number of halogens is 3. The molecule has 0 bridgehead atoms. The minimum atomic E-state index is -0.226. The van der Waals surface area contributed by atoms with Gasteiger partial charge in [-0.3, -0.25) is 4.57 Å². The third kappa shape index (κ3) is 2.64. The molecule has 0 amide bonds. The van der Waals surface area contributed by atoms with Crippen LogP contribution in [0.3, 0.4) is 0 Å². The Labute approximate surface area is 138 Å². The second-order valence-corrected chi connectivity index (χ2v) is 6.49. The van der Waals surface area contributed by atoms with Crippen molar-refractivity contribution in [2.24, 2.45) is 0 Å². The van der Waals surface area contributed by atoms with Crippen LogP contribution in [0.4, 0.5) is 0 Å². The maximum absolute atomic E-state index is 6.29. The number of nitrogens with zero attached hydrogens (tertiary/aromatic N) is 2. The first-order valence-electron chi connectivity index (χ1n) is 6.56. The van der Waals surface area contributed by atoms with E-state index in [1.165, 1.54) is 0 Å². The summed E-state index contributed by atoms with van der Waals surface area (Å²) in [6.45, 7) is 3.87. The number of hydrogen-bond acceptors (Lipinski definition) is 1. The third-order valence-electron chi connectivity index (χ3n) is 3.41. The Morgan fingerprint density at radius 2 is 1.86 bits per heavy atom. The van der Waals surface area contributed by atoms with Gasteiger partial charge >= 0.3 is 0 Å². The van der Waals surface area contributed by atoms with Gasteiger partial charge in [0, 0.05) is 15.7 Å². The number of alkyl halides is 1. The molecular formula is C16H13Cl3N2. The Hall–Kier alpha value is -1.22. The smallest absolute Gasteiger partial charge is 0.132 e. The second kappa shape index (κ2) is 5.53. The van der Waals surface area contributed by atoms with E-state index in [1.54, 1.807) is 0 Å². The summed E-state index contributed by atoms with van der Waals surface area (Å²) in [5.74, 6) is 0.772. The highest BCUT2D eigenvalue weighted by atomic mass is 35.5. The number of aryl methyl sites for hydroxylation is 1. The molecule has 3 aromatic rings. The maximum Gasteiger partial charge on any atom is 0.132 e. The van der Waals surface area contributed by atoms with Gasteiger partial charge in [-0.25, -0.2) is 4.98 Å². The van der Waals surface area contributed by atoms with Gasteiger partial charge in [-0.2, -0.15) is 0 Å². The first-order valence-corrected chi connectivity index (χ1v) is 7.75. The number of fused-ring (bicyclic) bond motifs is 1. The molecule has 0 saturated carbocycles. The van der Waals surface area contributed by atoms with Crippen LogP contribution in [-0.2, 0) is 0 Å². The monoisotopic (exact) mass is 338 g/mol. The summed E-state index contributed by atoms with van der Waals surface area (Å²) in [4.78, 5) is 4.61. The molecule has 2 nitrogen and oxygen atoms in total. The van der Waals surface area contributed by atoms with Crippen LogP contribution in [0.1, 0.15) is 23.7 Å². The Balaban J connectivity index is 2.35. The molecule has 0 radical (unpaired) electrons. The minimum Gasteiger partial charge on any atom is -0.295 e. The molecule has 21 heavy (non-hydrogen) atoms. The molecule has 0 aliphatic rings. The summed E-state index contributed by atoms with van der Waals surface area (Å²) >= 11 is 18.7. The van der Waals surface area contributed by atoms with Gasteiger partial charge in [0.05, 0.1) is 16.4 Å². The highest BCUT2D eigenvalue weighted by Gasteiger charge is 2.17. The fraction of sp³-hybridized carbons (Fsp3) is 0.188. The molecule has 1 unspecified atom stereocenters. The van der Waals surface area contributed by atoms with Gasteiger partial charge in [-0.15, -0.1) is 11.6 Å². The maximum atomic E-state index is 6.29. The number of rotatable bonds is 2. The Morgan fingerprint density at radius 1 is 1.10 bits per heavy atom. The molecule has 108 valence electrons. The Kier molecular flexibility index (Phi) is 3.87. The van der Waals surface area contributed by atoms with Crippen molar-refractivity contribution in [2.45, 2.75) is 19.2 Å². The molecule has 0 N–H and O–H groups in total. The largest absolute Gasteiger partial charge is 0.295 e. The molecule has 0 fully saturated rings. The summed E-state index contributed by atoms with van der Waals surface area (Å²) in [6, 6.07) is 11.5. The second-order valence-electron chi connectivity index (χ2n) is 4.99. The van der Waals surface area contributed by atoms with E-state index in [1.807, 2.05) is 54.8 Å². The summed E-state index contributed by atoms with van der Waals surface area (Å²) in [5.41, 5.74) is 3.74. The highest BCUT2D eigenvalue weighted by Crippen LogP contribution is 2.31. The average molecular weight is 340 g/mol. The van der Waals surface area contributed by atoms with Crippen LogP contribution >= 0.6 is 34.8 Å². The van der Waals surface area contributed by atoms with Crippen molar-refractivity contribution < 1.29 is 0 Å². The van der Waals surface area contributed by atoms with Crippen LogP contribution in [-0.4, -0.2) is 9.55 Å². The molecule has 5 heteroatoms. The zero-order valence-corrected chi connectivity index (χ0v) is 13.8. The normalized spacial score (nSPS) is 12.8. The molecule has 0 aliphatic carbocycles. The van der Waals surface area contributed by atoms with Gasteiger partial charge in [0.1, 0.15) is 5.82 Å². The molecule has 3 rings (SSSR count). The van der Waals surface area contributed by atoms with Gasteiger partial charge in [-0.1, -0.05) is 29.3 Å². The van der Waals surface area contributed by atoms with E-state index in [0.29, 0.717) is 10.0 Å². The molecule has 0 saturated heterocycles. The molecule has 0 aliphatic heterocycles. The fourth-order valence-corrected chi connectivity index (χ4v) is 2.81. The van der Waals surface area contributed by atoms with Crippen molar-refractivity contribution in [3.8, 4) is 5.69 Å². The van der Waals surface area contributed by atoms with E-state index in [9.17, 15) is 0 Å². The van der Waals surface area contributed by atoms with Crippen LogP contribution in [0, 0.1) is 6.92 Å². The summed E-state index contributed by atoms with van der Waals surface area (Å²) in [7, 11) is 0. The van der Waals surface area contributed by atoms with Crippen LogP contribution in [0.15, 0.2) is 36.4 Å². The highest BCUT2D eigenvalue weighted by molar-refractivity contribution is 6.31. The standard InChI is InChI=1S/C16H13Cl3N2/c1-9-3-5-12(8-13(9)19)21-15-7-11(18)4-6-14(15)20-16(21)10(2)17/h3-8,10H,1-2H3. The number of aromatic nitrogens is 2. The van der Waals surface area contributed by atoms with Crippen LogP contribution in [0.5, 0.6) is 0 Å². The molecule has 1 atom stereocenters. The van der Waals surface area contributed by atoms with E-state index in [4.69, 9.17) is 34.8 Å². The molecule has 1 aromatic heterocycles. The van der Waals surface area contributed by atoms with Gasteiger partial charge in [0.15, 0.2) is 0 Å². The van der Waals surface area contributed by atoms with Gasteiger partial charge in [0.25, 0.3) is 0 Å². The van der Waals surface area contributed by atoms with Crippen molar-refractivity contribution in [3.63, 3.8) is 0 Å². The molecule has 1 heterocycles. The fourth-order valence-electron chi connectivity index (χ4n) is 2.33. The number of imidazole rings is 1. The summed E-state index contributed by atoms with van der Waals surface area (Å²) in [6.07, 6.45) is 0. The van der Waals surface area contributed by atoms with Crippen LogP contribution < -0.4 is 0 Å². The van der Waals surface area contributed by atoms with E-state index < -0.39 is 0 Å². The lowest BCUT2D eigenvalue weighted by atomic mass is 10.2. The Morgan fingerprint density at radius 3 is 2.52 bits per heavy atom. The summed E-state index contributed by atoms with van der Waals surface area (Å²) in [5, 5.41) is 1.15. The third-order valence-corrected chi connectivity index (χ3v) is 4.25. The van der Waals surface area contributed by atoms with Crippen LogP contribution in [0.2, 0.25) is 10.0 Å². The van der Waals surface area contributed by atoms with Crippen molar-refractivity contribution in [2.75, 3.05) is 0 Å². The van der Waals surface area contributed by atoms with E-state index in [2.05, 4.69) is 4.98 Å². The van der Waals surface area contributed by atoms with Gasteiger partial charge in [-0.05, 0) is 49.7 Å². The van der Waals surface area contributed by atoms with Crippen molar-refractivity contribution in [3.05, 3.63) is 57.8 Å². The van der Waals surface area contributed by atoms with E-state index in [-0.39, 0.29) is 5.38 Å². The summed E-state index contributed by atoms with van der Waals surface area (Å²) < 4.78 is 2.00. The number of benzene rings is 2. The van der Waals surface area contributed by atoms with Crippen molar-refractivity contribution >= 4 is 45.8 Å². The average Bonchev–Trinajstić information content (AvgIpc) is 2.80. The predicted octanol–water partition coefficient (Wildman–Crippen LogP) is 5.94. The van der Waals surface area contributed by atoms with Gasteiger partial charge < -0.3 is 0 Å². The number of hydrogen-bond donors (Lipinski definition) is 0. The lowest BCUT2D eigenvalue weighted by molar-refractivity contribution is 0.882.